The number of hydrogen-bond acceptors (Lipinski definition) is 3. The van der Waals surface area contributed by atoms with Crippen LogP contribution in [0, 0.1) is 24.1 Å². The molecule has 0 aromatic heterocycles. The SMILES string of the molecule is Cc1ccc(Nc2ccc(F)c(C#N)c2)c(N)c1. The predicted octanol–water partition coefficient (Wildman–Crippen LogP) is 3.33. The number of nitrogens with zero attached hydrogens (tertiary/aromatic N) is 1. The lowest BCUT2D eigenvalue weighted by molar-refractivity contribution is 0.624. The summed E-state index contributed by atoms with van der Waals surface area (Å²) in [5.41, 5.74) is 8.91. The lowest BCUT2D eigenvalue weighted by atomic mass is 10.1. The Kier molecular flexibility index (Phi) is 3.16. The van der Waals surface area contributed by atoms with Gasteiger partial charge in [0.15, 0.2) is 0 Å². The van der Waals surface area contributed by atoms with Gasteiger partial charge in [-0.25, -0.2) is 4.39 Å². The largest absolute Gasteiger partial charge is 0.397 e. The summed E-state index contributed by atoms with van der Waals surface area (Å²) in [5.74, 6) is -0.528. The van der Waals surface area contributed by atoms with Crippen LogP contribution in [0.25, 0.3) is 0 Å². The number of nitrogen functional groups attached to an aromatic ring is 1. The zero-order valence-corrected chi connectivity index (χ0v) is 9.87. The van der Waals surface area contributed by atoms with E-state index in [2.05, 4.69) is 5.32 Å². The van der Waals surface area contributed by atoms with E-state index < -0.39 is 5.82 Å². The van der Waals surface area contributed by atoms with Gasteiger partial charge >= 0.3 is 0 Å². The highest BCUT2D eigenvalue weighted by Gasteiger charge is 2.04. The molecular weight excluding hydrogens is 229 g/mol. The Morgan fingerprint density at radius 2 is 2.00 bits per heavy atom. The van der Waals surface area contributed by atoms with E-state index in [4.69, 9.17) is 11.0 Å². The van der Waals surface area contributed by atoms with Crippen molar-refractivity contribution in [3.63, 3.8) is 0 Å². The van der Waals surface area contributed by atoms with Gasteiger partial charge in [-0.05, 0) is 42.8 Å². The fraction of sp³-hybridized carbons (Fsp3) is 0.0714. The first-order valence-electron chi connectivity index (χ1n) is 5.43. The van der Waals surface area contributed by atoms with Crippen molar-refractivity contribution in [2.45, 2.75) is 6.92 Å². The fourth-order valence-electron chi connectivity index (χ4n) is 1.64. The van der Waals surface area contributed by atoms with Crippen molar-refractivity contribution in [1.82, 2.24) is 0 Å². The van der Waals surface area contributed by atoms with E-state index in [1.807, 2.05) is 25.1 Å². The van der Waals surface area contributed by atoms with Gasteiger partial charge in [-0.15, -0.1) is 0 Å². The number of hydrogen-bond donors (Lipinski definition) is 2. The molecule has 0 amide bonds. The van der Waals surface area contributed by atoms with Crippen LogP contribution >= 0.6 is 0 Å². The number of halogens is 1. The number of anilines is 3. The minimum absolute atomic E-state index is 0.00526. The Morgan fingerprint density at radius 1 is 1.22 bits per heavy atom. The Bertz CT molecular complexity index is 629. The molecule has 0 spiro atoms. The maximum Gasteiger partial charge on any atom is 0.141 e. The van der Waals surface area contributed by atoms with Crippen molar-refractivity contribution in [2.75, 3.05) is 11.1 Å². The number of rotatable bonds is 2. The zero-order chi connectivity index (χ0) is 13.1. The highest BCUT2D eigenvalue weighted by molar-refractivity contribution is 5.73. The van der Waals surface area contributed by atoms with Gasteiger partial charge in [-0.1, -0.05) is 6.07 Å². The Morgan fingerprint density at radius 3 is 2.67 bits per heavy atom. The van der Waals surface area contributed by atoms with Gasteiger partial charge in [-0.3, -0.25) is 0 Å². The molecule has 0 aliphatic rings. The van der Waals surface area contributed by atoms with Crippen molar-refractivity contribution in [2.24, 2.45) is 0 Å². The molecule has 2 rings (SSSR count). The average Bonchev–Trinajstić information content (AvgIpc) is 2.35. The summed E-state index contributed by atoms with van der Waals surface area (Å²) in [7, 11) is 0. The second-order valence-electron chi connectivity index (χ2n) is 4.02. The summed E-state index contributed by atoms with van der Waals surface area (Å²) in [6.45, 7) is 1.95. The highest BCUT2D eigenvalue weighted by Crippen LogP contribution is 2.25. The van der Waals surface area contributed by atoms with Gasteiger partial charge in [0.1, 0.15) is 11.9 Å². The van der Waals surface area contributed by atoms with Crippen molar-refractivity contribution in [1.29, 1.82) is 5.26 Å². The Labute approximate surface area is 105 Å². The molecule has 18 heavy (non-hydrogen) atoms. The summed E-state index contributed by atoms with van der Waals surface area (Å²) < 4.78 is 13.2. The number of nitrogens with two attached hydrogens (primary N) is 1. The molecule has 0 aliphatic heterocycles. The van der Waals surface area contributed by atoms with Crippen molar-refractivity contribution in [3.05, 3.63) is 53.3 Å². The highest BCUT2D eigenvalue weighted by atomic mass is 19.1. The predicted molar refractivity (Wildman–Crippen MR) is 70.0 cm³/mol. The molecule has 0 aliphatic carbocycles. The standard InChI is InChI=1S/C14H12FN3/c1-9-2-5-14(13(17)6-9)18-11-3-4-12(15)10(7-11)8-16/h2-7,18H,17H2,1H3. The second kappa shape index (κ2) is 4.76. The molecule has 2 aromatic rings. The topological polar surface area (TPSA) is 61.8 Å². The van der Waals surface area contributed by atoms with E-state index in [-0.39, 0.29) is 5.56 Å². The van der Waals surface area contributed by atoms with Crippen LogP contribution in [0.15, 0.2) is 36.4 Å². The smallest absolute Gasteiger partial charge is 0.141 e. The van der Waals surface area contributed by atoms with Gasteiger partial charge < -0.3 is 11.1 Å². The first kappa shape index (κ1) is 11.9. The first-order chi connectivity index (χ1) is 8.60. The molecule has 0 saturated carbocycles. The molecule has 3 nitrogen and oxygen atoms in total. The maximum absolute atomic E-state index is 13.2. The van der Waals surface area contributed by atoms with Crippen molar-refractivity contribution < 1.29 is 4.39 Å². The van der Waals surface area contributed by atoms with Crippen LogP contribution in [-0.4, -0.2) is 0 Å². The van der Waals surface area contributed by atoms with Crippen LogP contribution in [0.4, 0.5) is 21.5 Å². The van der Waals surface area contributed by atoms with Gasteiger partial charge in [0.2, 0.25) is 0 Å². The number of benzene rings is 2. The van der Waals surface area contributed by atoms with Crippen molar-refractivity contribution in [3.8, 4) is 6.07 Å². The van der Waals surface area contributed by atoms with Crippen LogP contribution < -0.4 is 11.1 Å². The van der Waals surface area contributed by atoms with Gasteiger partial charge in [0, 0.05) is 5.69 Å². The quantitative estimate of drug-likeness (QED) is 0.793. The van der Waals surface area contributed by atoms with E-state index in [1.165, 1.54) is 12.1 Å². The van der Waals surface area contributed by atoms with Crippen LogP contribution in [0.5, 0.6) is 0 Å². The maximum atomic E-state index is 13.2. The van der Waals surface area contributed by atoms with Crippen LogP contribution in [0.3, 0.4) is 0 Å². The molecule has 4 heteroatoms. The molecule has 0 saturated heterocycles. The lowest BCUT2D eigenvalue weighted by Gasteiger charge is -2.10. The fourth-order valence-corrected chi connectivity index (χ4v) is 1.64. The van der Waals surface area contributed by atoms with Gasteiger partial charge in [0.25, 0.3) is 0 Å². The van der Waals surface area contributed by atoms with Crippen LogP contribution in [-0.2, 0) is 0 Å². The van der Waals surface area contributed by atoms with E-state index in [9.17, 15) is 4.39 Å². The van der Waals surface area contributed by atoms with E-state index >= 15 is 0 Å². The van der Waals surface area contributed by atoms with E-state index in [1.54, 1.807) is 12.1 Å². The third-order valence-corrected chi connectivity index (χ3v) is 2.57. The molecule has 2 aromatic carbocycles. The lowest BCUT2D eigenvalue weighted by Crippen LogP contribution is -1.97. The summed E-state index contributed by atoms with van der Waals surface area (Å²) in [6.07, 6.45) is 0. The minimum atomic E-state index is -0.528. The second-order valence-corrected chi connectivity index (χ2v) is 4.02. The zero-order valence-electron chi connectivity index (χ0n) is 9.87. The Hall–Kier alpha value is -2.54. The third kappa shape index (κ3) is 2.41. The summed E-state index contributed by atoms with van der Waals surface area (Å²) in [5, 5.41) is 11.8. The van der Waals surface area contributed by atoms with Crippen LogP contribution in [0.2, 0.25) is 0 Å². The minimum Gasteiger partial charge on any atom is -0.397 e. The molecule has 3 N–H and O–H groups in total. The van der Waals surface area contributed by atoms with Gasteiger partial charge in [-0.2, -0.15) is 5.26 Å². The van der Waals surface area contributed by atoms with Gasteiger partial charge in [0.05, 0.1) is 16.9 Å². The number of nitrogens with one attached hydrogen (secondary N) is 1. The average molecular weight is 241 g/mol. The molecule has 0 fully saturated rings. The van der Waals surface area contributed by atoms with E-state index in [0.29, 0.717) is 11.4 Å². The molecular formula is C14H12FN3. The molecule has 0 bridgehead atoms. The summed E-state index contributed by atoms with van der Waals surface area (Å²) in [6, 6.07) is 11.7. The molecule has 0 heterocycles. The third-order valence-electron chi connectivity index (χ3n) is 2.57. The first-order valence-corrected chi connectivity index (χ1v) is 5.43. The molecule has 90 valence electrons. The normalized spacial score (nSPS) is 9.83. The summed E-state index contributed by atoms with van der Waals surface area (Å²) in [4.78, 5) is 0. The molecule has 0 radical (unpaired) electrons. The Balaban J connectivity index is 2.32. The molecule has 0 atom stereocenters. The number of aryl methyl sites for hydroxylation is 1. The number of nitriles is 1. The molecule has 0 unspecified atom stereocenters. The summed E-state index contributed by atoms with van der Waals surface area (Å²) >= 11 is 0. The van der Waals surface area contributed by atoms with E-state index in [0.717, 1.165) is 11.3 Å². The van der Waals surface area contributed by atoms with Crippen LogP contribution in [0.1, 0.15) is 11.1 Å². The van der Waals surface area contributed by atoms with Crippen molar-refractivity contribution >= 4 is 17.1 Å². The monoisotopic (exact) mass is 241 g/mol.